The van der Waals surface area contributed by atoms with Gasteiger partial charge in [-0.25, -0.2) is 4.98 Å². The van der Waals surface area contributed by atoms with Crippen LogP contribution in [0, 0.1) is 6.92 Å². The summed E-state index contributed by atoms with van der Waals surface area (Å²) in [6.07, 6.45) is 0. The van der Waals surface area contributed by atoms with E-state index in [1.807, 2.05) is 24.3 Å². The van der Waals surface area contributed by atoms with Gasteiger partial charge in [-0.2, -0.15) is 8.78 Å². The fraction of sp³-hybridized carbons (Fsp3) is 0.188. The minimum atomic E-state index is -2.92. The molecule has 1 heterocycles. The molecule has 0 saturated carbocycles. The summed E-state index contributed by atoms with van der Waals surface area (Å²) >= 11 is 0. The number of imidazole rings is 1. The van der Waals surface area contributed by atoms with Crippen molar-refractivity contribution >= 4 is 11.0 Å². The van der Waals surface area contributed by atoms with Crippen molar-refractivity contribution in [2.45, 2.75) is 19.4 Å². The van der Waals surface area contributed by atoms with Crippen LogP contribution in [-0.2, 0) is 12.5 Å². The number of nitrogens with zero attached hydrogens (tertiary/aromatic N) is 2. The minimum Gasteiger partial charge on any atom is -0.322 e. The van der Waals surface area contributed by atoms with Gasteiger partial charge in [0.2, 0.25) is 0 Å². The number of aromatic nitrogens is 2. The van der Waals surface area contributed by atoms with Crippen LogP contribution in [-0.4, -0.2) is 9.55 Å². The second-order valence-corrected chi connectivity index (χ2v) is 4.80. The molecule has 0 N–H and O–H groups in total. The van der Waals surface area contributed by atoms with Crippen molar-refractivity contribution in [2.24, 2.45) is 0 Å². The molecule has 0 fully saturated rings. The van der Waals surface area contributed by atoms with Gasteiger partial charge >= 0.3 is 0 Å². The lowest BCUT2D eigenvalue weighted by molar-refractivity contribution is -0.0217. The van der Waals surface area contributed by atoms with E-state index in [9.17, 15) is 8.78 Å². The van der Waals surface area contributed by atoms with E-state index in [1.54, 1.807) is 29.7 Å². The Morgan fingerprint density at radius 2 is 1.65 bits per heavy atom. The van der Waals surface area contributed by atoms with Crippen LogP contribution in [0.4, 0.5) is 8.78 Å². The molecule has 2 nitrogen and oxygen atoms in total. The summed E-state index contributed by atoms with van der Waals surface area (Å²) < 4.78 is 30.3. The lowest BCUT2D eigenvalue weighted by Crippen LogP contribution is -2.22. The van der Waals surface area contributed by atoms with Crippen LogP contribution in [0.1, 0.15) is 11.4 Å². The van der Waals surface area contributed by atoms with Crippen LogP contribution in [0.5, 0.6) is 0 Å². The number of hydrogen-bond acceptors (Lipinski definition) is 1. The van der Waals surface area contributed by atoms with Gasteiger partial charge in [0.15, 0.2) is 0 Å². The topological polar surface area (TPSA) is 17.8 Å². The Kier molecular flexibility index (Phi) is 3.01. The first-order chi connectivity index (χ1) is 9.58. The van der Waals surface area contributed by atoms with Crippen molar-refractivity contribution in [1.29, 1.82) is 0 Å². The van der Waals surface area contributed by atoms with Crippen LogP contribution in [0.2, 0.25) is 0 Å². The summed E-state index contributed by atoms with van der Waals surface area (Å²) in [4.78, 5) is 4.32. The Morgan fingerprint density at radius 1 is 1.00 bits per heavy atom. The van der Waals surface area contributed by atoms with E-state index in [0.717, 1.165) is 11.0 Å². The molecule has 0 aliphatic rings. The highest BCUT2D eigenvalue weighted by Crippen LogP contribution is 2.31. The number of rotatable bonds is 3. The van der Waals surface area contributed by atoms with Crippen LogP contribution in [0.25, 0.3) is 11.0 Å². The van der Waals surface area contributed by atoms with Gasteiger partial charge in [0, 0.05) is 5.56 Å². The van der Waals surface area contributed by atoms with E-state index < -0.39 is 12.5 Å². The summed E-state index contributed by atoms with van der Waals surface area (Å²) in [6.45, 7) is 1.35. The summed E-state index contributed by atoms with van der Waals surface area (Å²) in [6, 6.07) is 15.2. The third-order valence-corrected chi connectivity index (χ3v) is 3.40. The summed E-state index contributed by atoms with van der Waals surface area (Å²) in [5.74, 6) is -2.32. The quantitative estimate of drug-likeness (QED) is 0.700. The number of hydrogen-bond donors (Lipinski definition) is 0. The van der Waals surface area contributed by atoms with Crippen LogP contribution < -0.4 is 0 Å². The van der Waals surface area contributed by atoms with E-state index in [1.165, 1.54) is 12.1 Å². The number of halogens is 2. The van der Waals surface area contributed by atoms with Crippen molar-refractivity contribution in [3.8, 4) is 0 Å². The minimum absolute atomic E-state index is 0.0252. The molecule has 3 rings (SSSR count). The Labute approximate surface area is 115 Å². The highest BCUT2D eigenvalue weighted by molar-refractivity contribution is 5.75. The molecule has 0 spiro atoms. The van der Waals surface area contributed by atoms with E-state index in [4.69, 9.17) is 0 Å². The van der Waals surface area contributed by atoms with Gasteiger partial charge in [-0.15, -0.1) is 0 Å². The Hall–Kier alpha value is -2.23. The lowest BCUT2D eigenvalue weighted by atomic mass is 10.1. The van der Waals surface area contributed by atoms with Crippen molar-refractivity contribution in [3.05, 3.63) is 66.0 Å². The molecule has 0 aliphatic carbocycles. The van der Waals surface area contributed by atoms with Crippen molar-refractivity contribution < 1.29 is 8.78 Å². The Morgan fingerprint density at radius 3 is 2.40 bits per heavy atom. The fourth-order valence-corrected chi connectivity index (χ4v) is 2.37. The molecule has 0 bridgehead atoms. The third kappa shape index (κ3) is 2.18. The number of fused-ring (bicyclic) bond motifs is 1. The smallest absolute Gasteiger partial charge is 0.290 e. The van der Waals surface area contributed by atoms with Gasteiger partial charge in [0.05, 0.1) is 17.6 Å². The molecule has 0 amide bonds. The molecule has 2 aromatic carbocycles. The molecule has 3 aromatic rings. The largest absolute Gasteiger partial charge is 0.322 e. The van der Waals surface area contributed by atoms with Crippen LogP contribution in [0.15, 0.2) is 54.6 Å². The fourth-order valence-electron chi connectivity index (χ4n) is 2.37. The summed E-state index contributed by atoms with van der Waals surface area (Å²) in [5.41, 5.74) is 1.51. The average molecular weight is 272 g/mol. The van der Waals surface area contributed by atoms with Gasteiger partial charge in [0.25, 0.3) is 5.92 Å². The molecule has 1 aromatic heterocycles. The lowest BCUT2D eigenvalue weighted by Gasteiger charge is -2.18. The predicted molar refractivity (Wildman–Crippen MR) is 74.8 cm³/mol. The second-order valence-electron chi connectivity index (χ2n) is 4.80. The second kappa shape index (κ2) is 4.71. The molecule has 102 valence electrons. The Balaban J connectivity index is 2.03. The highest BCUT2D eigenvalue weighted by atomic mass is 19.3. The highest BCUT2D eigenvalue weighted by Gasteiger charge is 2.32. The average Bonchev–Trinajstić information content (AvgIpc) is 2.76. The maximum Gasteiger partial charge on any atom is 0.290 e. The van der Waals surface area contributed by atoms with Crippen LogP contribution >= 0.6 is 0 Å². The molecular formula is C16H14F2N2. The van der Waals surface area contributed by atoms with Gasteiger partial charge < -0.3 is 4.57 Å². The molecule has 0 atom stereocenters. The van der Waals surface area contributed by atoms with E-state index >= 15 is 0 Å². The molecule has 0 aliphatic heterocycles. The molecule has 0 radical (unpaired) electrons. The summed E-state index contributed by atoms with van der Waals surface area (Å²) in [5, 5.41) is 0. The van der Waals surface area contributed by atoms with Gasteiger partial charge in [-0.05, 0) is 19.1 Å². The normalized spacial score (nSPS) is 11.9. The van der Waals surface area contributed by atoms with Crippen molar-refractivity contribution in [1.82, 2.24) is 9.55 Å². The molecule has 0 saturated heterocycles. The van der Waals surface area contributed by atoms with Gasteiger partial charge in [-0.1, -0.05) is 42.5 Å². The number of para-hydroxylation sites is 2. The SMILES string of the molecule is Cc1nc2ccccc2n1CC(F)(F)c1ccccc1. The number of alkyl halides is 2. The number of aryl methyl sites for hydroxylation is 1. The van der Waals surface area contributed by atoms with Crippen LogP contribution in [0.3, 0.4) is 0 Å². The summed E-state index contributed by atoms with van der Waals surface area (Å²) in [7, 11) is 0. The monoisotopic (exact) mass is 272 g/mol. The molecular weight excluding hydrogens is 258 g/mol. The van der Waals surface area contributed by atoms with E-state index in [0.29, 0.717) is 5.82 Å². The number of benzene rings is 2. The van der Waals surface area contributed by atoms with E-state index in [-0.39, 0.29) is 5.56 Å². The maximum absolute atomic E-state index is 14.4. The zero-order chi connectivity index (χ0) is 14.2. The first-order valence-corrected chi connectivity index (χ1v) is 6.43. The molecule has 20 heavy (non-hydrogen) atoms. The standard InChI is InChI=1S/C16H14F2N2/c1-12-19-14-9-5-6-10-15(14)20(12)11-16(17,18)13-7-3-2-4-8-13/h2-10H,11H2,1H3. The third-order valence-electron chi connectivity index (χ3n) is 3.40. The van der Waals surface area contributed by atoms with Gasteiger partial charge in [0.1, 0.15) is 5.82 Å². The zero-order valence-electron chi connectivity index (χ0n) is 11.1. The van der Waals surface area contributed by atoms with Crippen molar-refractivity contribution in [3.63, 3.8) is 0 Å². The first kappa shape index (κ1) is 12.8. The maximum atomic E-state index is 14.4. The van der Waals surface area contributed by atoms with E-state index in [2.05, 4.69) is 4.98 Å². The molecule has 0 unspecified atom stereocenters. The first-order valence-electron chi connectivity index (χ1n) is 6.43. The molecule has 4 heteroatoms. The zero-order valence-corrected chi connectivity index (χ0v) is 11.1. The Bertz CT molecular complexity index is 733. The van der Waals surface area contributed by atoms with Crippen molar-refractivity contribution in [2.75, 3.05) is 0 Å². The predicted octanol–water partition coefficient (Wildman–Crippen LogP) is 4.14. The van der Waals surface area contributed by atoms with Gasteiger partial charge in [-0.3, -0.25) is 0 Å².